The van der Waals surface area contributed by atoms with E-state index in [1.165, 1.54) is 173 Å². The Morgan fingerprint density at radius 3 is 1.19 bits per heavy atom. The van der Waals surface area contributed by atoms with E-state index in [9.17, 15) is 61.0 Å². The van der Waals surface area contributed by atoms with Crippen molar-refractivity contribution in [2.75, 3.05) is 26.4 Å². The first-order chi connectivity index (χ1) is 44.3. The van der Waals surface area contributed by atoms with Crippen molar-refractivity contribution < 1.29 is 89.4 Å². The number of aliphatic hydroxyl groups excluding tert-OH is 11. The highest BCUT2D eigenvalue weighted by Crippen LogP contribution is 2.33. The number of nitrogens with one attached hydrogen (secondary N) is 1. The summed E-state index contributed by atoms with van der Waals surface area (Å²) < 4.78 is 34.3. The molecule has 3 heterocycles. The number of aliphatic hydroxyl groups is 11. The Bertz CT molecular complexity index is 1890. The monoisotopic (exact) mass is 1300 g/mol. The molecule has 0 aromatic carbocycles. The molecule has 19 heteroatoms. The highest BCUT2D eigenvalue weighted by atomic mass is 16.8. The molecule has 0 radical (unpaired) electrons. The predicted octanol–water partition coefficient (Wildman–Crippen LogP) is 9.94. The van der Waals surface area contributed by atoms with E-state index < -0.39 is 124 Å². The van der Waals surface area contributed by atoms with Gasteiger partial charge in [0.1, 0.15) is 73.2 Å². The number of hydrogen-bond acceptors (Lipinski definition) is 18. The molecule has 12 N–H and O–H groups in total. The first kappa shape index (κ1) is 82.7. The third-order valence-corrected chi connectivity index (χ3v) is 17.8. The van der Waals surface area contributed by atoms with Crippen LogP contribution in [-0.2, 0) is 33.2 Å². The summed E-state index contributed by atoms with van der Waals surface area (Å²) in [6.07, 6.45) is 39.4. The number of amides is 1. The molecule has 17 atom stereocenters. The molecule has 1 amide bonds. The SMILES string of the molecule is CCCCC/C=C/CC/C=C/CC/C=C/C(O)C(COC1OC(CO)C(OC2OC(CO)C(OC3OC(CO)C(O)C(O)C3O)C(O)C2O)C(O)C1O)NC(=O)CCCCCCCCCCCCCCCCCCCCCCC/C=C\C/C=C\CCCCCCC. The van der Waals surface area contributed by atoms with Crippen LogP contribution < -0.4 is 5.32 Å². The van der Waals surface area contributed by atoms with Gasteiger partial charge in [0, 0.05) is 6.42 Å². The molecule has 0 bridgehead atoms. The molecule has 0 aliphatic carbocycles. The second-order valence-corrected chi connectivity index (χ2v) is 25.7. The highest BCUT2D eigenvalue weighted by Gasteiger charge is 2.53. The molecule has 3 aliphatic heterocycles. The standard InChI is InChI=1S/C72H129NO18/c1-3-5-7-9-11-13-15-17-18-19-20-21-22-23-24-25-26-27-28-29-30-31-32-33-34-35-36-38-40-42-44-46-48-50-60(78)73-55(56(77)49-47-45-43-41-39-37-16-14-12-10-8-6-4-2)54-86-70-66(84)63(81)68(58(52-75)88-70)91-72-67(85)64(82)69(59(53-76)89-72)90-71-65(83)62(80)61(79)57(51-74)87-71/h12,14-15,17,19-20,39,41,47,49,55-59,61-72,74-77,79-85H,3-11,13,16,18,21-38,40,42-46,48,50-54H2,1-2H3,(H,73,78)/b14-12+,17-15-,20-19-,41-39+,49-47+. The van der Waals surface area contributed by atoms with Crippen LogP contribution in [0.1, 0.15) is 258 Å². The van der Waals surface area contributed by atoms with Crippen molar-refractivity contribution in [3.63, 3.8) is 0 Å². The van der Waals surface area contributed by atoms with Crippen LogP contribution in [-0.4, -0.2) is 193 Å². The molecule has 3 rings (SSSR count). The summed E-state index contributed by atoms with van der Waals surface area (Å²) in [5.41, 5.74) is 0. The minimum atomic E-state index is -1.98. The molecule has 0 saturated carbocycles. The summed E-state index contributed by atoms with van der Waals surface area (Å²) in [5.74, 6) is -0.289. The van der Waals surface area contributed by atoms with E-state index in [1.807, 2.05) is 6.08 Å². The van der Waals surface area contributed by atoms with Crippen molar-refractivity contribution in [3.8, 4) is 0 Å². The van der Waals surface area contributed by atoms with Gasteiger partial charge in [-0.1, -0.05) is 235 Å². The van der Waals surface area contributed by atoms with Crippen LogP contribution in [0, 0.1) is 0 Å². The zero-order valence-corrected chi connectivity index (χ0v) is 56.1. The van der Waals surface area contributed by atoms with Gasteiger partial charge in [0.25, 0.3) is 0 Å². The van der Waals surface area contributed by atoms with Crippen LogP contribution in [0.4, 0.5) is 0 Å². The average molecular weight is 1300 g/mol. The van der Waals surface area contributed by atoms with Crippen molar-refractivity contribution in [3.05, 3.63) is 60.8 Å². The predicted molar refractivity (Wildman–Crippen MR) is 355 cm³/mol. The van der Waals surface area contributed by atoms with Crippen LogP contribution in [0.5, 0.6) is 0 Å². The first-order valence-corrected chi connectivity index (χ1v) is 36.0. The molecule has 3 fully saturated rings. The van der Waals surface area contributed by atoms with Crippen LogP contribution in [0.3, 0.4) is 0 Å². The second kappa shape index (κ2) is 53.6. The highest BCUT2D eigenvalue weighted by molar-refractivity contribution is 5.76. The van der Waals surface area contributed by atoms with E-state index in [1.54, 1.807) is 6.08 Å². The Morgan fingerprint density at radius 2 is 0.736 bits per heavy atom. The number of allylic oxidation sites excluding steroid dienone is 9. The summed E-state index contributed by atoms with van der Waals surface area (Å²) >= 11 is 0. The number of rotatable bonds is 55. The molecule has 3 aliphatic rings. The van der Waals surface area contributed by atoms with E-state index in [-0.39, 0.29) is 18.9 Å². The third-order valence-electron chi connectivity index (χ3n) is 17.8. The summed E-state index contributed by atoms with van der Waals surface area (Å²) in [5, 5.41) is 120. The van der Waals surface area contributed by atoms with Gasteiger partial charge in [0.05, 0.1) is 38.6 Å². The molecule has 19 nitrogen and oxygen atoms in total. The van der Waals surface area contributed by atoms with Gasteiger partial charge >= 0.3 is 0 Å². The van der Waals surface area contributed by atoms with E-state index in [4.69, 9.17) is 28.4 Å². The lowest BCUT2D eigenvalue weighted by atomic mass is 9.96. The van der Waals surface area contributed by atoms with Gasteiger partial charge in [-0.15, -0.1) is 0 Å². The number of ether oxygens (including phenoxy) is 6. The van der Waals surface area contributed by atoms with Gasteiger partial charge in [0.15, 0.2) is 18.9 Å². The maximum Gasteiger partial charge on any atom is 0.220 e. The largest absolute Gasteiger partial charge is 0.394 e. The molecule has 91 heavy (non-hydrogen) atoms. The molecule has 3 saturated heterocycles. The second-order valence-electron chi connectivity index (χ2n) is 25.7. The fourth-order valence-corrected chi connectivity index (χ4v) is 11.9. The summed E-state index contributed by atoms with van der Waals surface area (Å²) in [6, 6.07) is -0.996. The van der Waals surface area contributed by atoms with Crippen molar-refractivity contribution in [1.82, 2.24) is 5.32 Å². The van der Waals surface area contributed by atoms with Gasteiger partial charge in [-0.25, -0.2) is 0 Å². The maximum atomic E-state index is 13.4. The van der Waals surface area contributed by atoms with Crippen LogP contribution in [0.2, 0.25) is 0 Å². The molecular formula is C72H129NO18. The Balaban J connectivity index is 1.35. The number of carbonyl (C=O) groups is 1. The third kappa shape index (κ3) is 35.4. The minimum absolute atomic E-state index is 0.233. The topological polar surface area (TPSA) is 307 Å². The Hall–Kier alpha value is -2.51. The summed E-state index contributed by atoms with van der Waals surface area (Å²) in [6.45, 7) is 1.66. The Labute approximate surface area is 547 Å². The van der Waals surface area contributed by atoms with Gasteiger partial charge in [-0.05, 0) is 77.0 Å². The van der Waals surface area contributed by atoms with E-state index in [0.717, 1.165) is 51.4 Å². The lowest BCUT2D eigenvalue weighted by molar-refractivity contribution is -0.379. The fourth-order valence-electron chi connectivity index (χ4n) is 11.9. The lowest BCUT2D eigenvalue weighted by Gasteiger charge is -2.48. The van der Waals surface area contributed by atoms with Crippen LogP contribution in [0.25, 0.3) is 0 Å². The fraction of sp³-hybridized carbons (Fsp3) is 0.847. The molecule has 530 valence electrons. The number of hydrogen-bond donors (Lipinski definition) is 12. The number of unbranched alkanes of at least 4 members (excludes halogenated alkanes) is 31. The van der Waals surface area contributed by atoms with Crippen LogP contribution >= 0.6 is 0 Å². The molecular weight excluding hydrogens is 1170 g/mol. The normalized spacial score (nSPS) is 28.2. The van der Waals surface area contributed by atoms with Gasteiger partial charge in [0.2, 0.25) is 5.91 Å². The van der Waals surface area contributed by atoms with E-state index in [0.29, 0.717) is 12.8 Å². The average Bonchev–Trinajstić information content (AvgIpc) is 0.876. The van der Waals surface area contributed by atoms with Crippen molar-refractivity contribution in [2.24, 2.45) is 0 Å². The quantitative estimate of drug-likeness (QED) is 0.0199. The maximum absolute atomic E-state index is 13.4. The van der Waals surface area contributed by atoms with Gasteiger partial charge < -0.3 is 89.9 Å². The van der Waals surface area contributed by atoms with E-state index >= 15 is 0 Å². The molecule has 0 aromatic rings. The van der Waals surface area contributed by atoms with Gasteiger partial charge in [-0.2, -0.15) is 0 Å². The lowest BCUT2D eigenvalue weighted by Crippen LogP contribution is -2.66. The number of carbonyl (C=O) groups excluding carboxylic acids is 1. The summed E-state index contributed by atoms with van der Waals surface area (Å²) in [4.78, 5) is 13.4. The minimum Gasteiger partial charge on any atom is -0.394 e. The Morgan fingerprint density at radius 1 is 0.396 bits per heavy atom. The van der Waals surface area contributed by atoms with Crippen molar-refractivity contribution in [1.29, 1.82) is 0 Å². The van der Waals surface area contributed by atoms with Crippen LogP contribution in [0.15, 0.2) is 60.8 Å². The molecule has 17 unspecified atom stereocenters. The van der Waals surface area contributed by atoms with Crippen molar-refractivity contribution >= 4 is 5.91 Å². The smallest absolute Gasteiger partial charge is 0.220 e. The van der Waals surface area contributed by atoms with Gasteiger partial charge in [-0.3, -0.25) is 4.79 Å². The molecule has 0 spiro atoms. The Kier molecular flexibility index (Phi) is 48.7. The zero-order valence-electron chi connectivity index (χ0n) is 56.1. The zero-order chi connectivity index (χ0) is 66.1. The first-order valence-electron chi connectivity index (χ1n) is 36.0. The van der Waals surface area contributed by atoms with Crippen molar-refractivity contribution in [2.45, 2.75) is 362 Å². The molecule has 0 aromatic heterocycles. The van der Waals surface area contributed by atoms with E-state index in [2.05, 4.69) is 67.8 Å². The summed E-state index contributed by atoms with van der Waals surface area (Å²) in [7, 11) is 0.